The van der Waals surface area contributed by atoms with Gasteiger partial charge in [0.1, 0.15) is 5.84 Å². The molecule has 0 bridgehead atoms. The summed E-state index contributed by atoms with van der Waals surface area (Å²) in [5.41, 5.74) is 15.5. The van der Waals surface area contributed by atoms with Crippen molar-refractivity contribution in [2.24, 2.45) is 22.4 Å². The van der Waals surface area contributed by atoms with Crippen LogP contribution in [-0.4, -0.2) is 78.3 Å². The summed E-state index contributed by atoms with van der Waals surface area (Å²) < 4.78 is 0. The van der Waals surface area contributed by atoms with Crippen LogP contribution in [0.1, 0.15) is 44.1 Å². The number of nitrogens with zero attached hydrogens (tertiary/aromatic N) is 4. The Bertz CT molecular complexity index is 958. The first-order valence-corrected chi connectivity index (χ1v) is 13.2. The van der Waals surface area contributed by atoms with Gasteiger partial charge in [-0.2, -0.15) is 0 Å². The van der Waals surface area contributed by atoms with E-state index in [1.165, 1.54) is 0 Å². The molecule has 0 radical (unpaired) electrons. The third-order valence-electron chi connectivity index (χ3n) is 7.67. The van der Waals surface area contributed by atoms with Gasteiger partial charge in [-0.25, -0.2) is 4.99 Å². The number of hydrogen-bond donors (Lipinski definition) is 2. The molecule has 2 aliphatic heterocycles. The molecular weight excluding hydrogens is 460 g/mol. The summed E-state index contributed by atoms with van der Waals surface area (Å²) >= 11 is 6.14. The van der Waals surface area contributed by atoms with Gasteiger partial charge >= 0.3 is 0 Å². The van der Waals surface area contributed by atoms with Crippen LogP contribution in [0, 0.1) is 5.92 Å². The van der Waals surface area contributed by atoms with E-state index in [2.05, 4.69) is 28.3 Å². The Labute approximate surface area is 214 Å². The zero-order valence-corrected chi connectivity index (χ0v) is 21.6. The normalized spacial score (nSPS) is 23.6. The van der Waals surface area contributed by atoms with Gasteiger partial charge in [-0.3, -0.25) is 4.79 Å². The molecule has 7 nitrogen and oxygen atoms in total. The number of likely N-dealkylation sites (tertiary alicyclic amines) is 1. The Hall–Kier alpha value is -2.35. The second-order valence-corrected chi connectivity index (χ2v) is 10.5. The number of carbonyl (C=O) groups is 1. The predicted molar refractivity (Wildman–Crippen MR) is 143 cm³/mol. The van der Waals surface area contributed by atoms with E-state index in [1.807, 2.05) is 29.2 Å². The summed E-state index contributed by atoms with van der Waals surface area (Å²) in [7, 11) is 0. The average molecular weight is 499 g/mol. The Morgan fingerprint density at radius 2 is 1.74 bits per heavy atom. The van der Waals surface area contributed by atoms with Gasteiger partial charge in [0.2, 0.25) is 5.91 Å². The van der Waals surface area contributed by atoms with Crippen LogP contribution in [0.2, 0.25) is 5.02 Å². The number of piperidine rings is 1. The van der Waals surface area contributed by atoms with Crippen LogP contribution in [0.4, 0.5) is 0 Å². The molecule has 2 atom stereocenters. The van der Waals surface area contributed by atoms with Crippen LogP contribution in [0.3, 0.4) is 0 Å². The van der Waals surface area contributed by atoms with Crippen LogP contribution in [0.5, 0.6) is 0 Å². The van der Waals surface area contributed by atoms with E-state index in [0.717, 1.165) is 74.5 Å². The molecule has 0 spiro atoms. The minimum atomic E-state index is -0.220. The van der Waals surface area contributed by atoms with E-state index in [0.29, 0.717) is 30.6 Å². The first-order valence-electron chi connectivity index (χ1n) is 12.8. The van der Waals surface area contributed by atoms with Crippen molar-refractivity contribution in [3.05, 3.63) is 58.9 Å². The van der Waals surface area contributed by atoms with Gasteiger partial charge < -0.3 is 26.2 Å². The molecule has 2 saturated heterocycles. The van der Waals surface area contributed by atoms with Crippen LogP contribution in [-0.2, 0) is 4.79 Å². The molecule has 2 heterocycles. The zero-order valence-electron chi connectivity index (χ0n) is 20.8. The van der Waals surface area contributed by atoms with Gasteiger partial charge in [-0.05, 0) is 62.4 Å². The zero-order chi connectivity index (χ0) is 24.9. The first kappa shape index (κ1) is 25.7. The molecule has 35 heavy (non-hydrogen) atoms. The highest BCUT2D eigenvalue weighted by atomic mass is 35.5. The standard InChI is InChI=1S/C27H39ClN6O/c1-3-31-26(25-19(2)4-9-24(25)30)33-14-16-34(17-15-33)27(35)23(20-5-7-21(28)8-6-20)18-32-12-10-22(29)11-13-32/h3,5-8,19,22-23H,1,4,9-18,29-30H2,2H3/b31-26+/t19-,23-/m1/s1. The van der Waals surface area contributed by atoms with Crippen LogP contribution in [0.25, 0.3) is 0 Å². The Morgan fingerprint density at radius 3 is 2.31 bits per heavy atom. The average Bonchev–Trinajstić information content (AvgIpc) is 3.20. The highest BCUT2D eigenvalue weighted by Crippen LogP contribution is 2.32. The van der Waals surface area contributed by atoms with Crippen molar-refractivity contribution in [2.45, 2.75) is 44.6 Å². The summed E-state index contributed by atoms with van der Waals surface area (Å²) in [6.45, 7) is 11.4. The Morgan fingerprint density at radius 1 is 1.11 bits per heavy atom. The van der Waals surface area contributed by atoms with Gasteiger partial charge in [-0.1, -0.05) is 37.2 Å². The smallest absolute Gasteiger partial charge is 0.231 e. The fraction of sp³-hybridized carbons (Fsp3) is 0.556. The molecule has 4 N–H and O–H groups in total. The predicted octanol–water partition coefficient (Wildman–Crippen LogP) is 3.18. The van der Waals surface area contributed by atoms with Crippen LogP contribution >= 0.6 is 11.6 Å². The molecule has 3 aliphatic rings. The maximum atomic E-state index is 13.8. The van der Waals surface area contributed by atoms with Crippen molar-refractivity contribution in [3.63, 3.8) is 0 Å². The van der Waals surface area contributed by atoms with E-state index in [4.69, 9.17) is 23.1 Å². The summed E-state index contributed by atoms with van der Waals surface area (Å²) in [6.07, 6.45) is 5.51. The van der Waals surface area contributed by atoms with Crippen molar-refractivity contribution in [3.8, 4) is 0 Å². The van der Waals surface area contributed by atoms with Crippen LogP contribution in [0.15, 0.2) is 53.3 Å². The number of amidine groups is 1. The molecule has 1 aliphatic carbocycles. The van der Waals surface area contributed by atoms with Crippen molar-refractivity contribution < 1.29 is 4.79 Å². The Kier molecular flexibility index (Phi) is 8.52. The quantitative estimate of drug-likeness (QED) is 0.464. The van der Waals surface area contributed by atoms with Crippen LogP contribution < -0.4 is 11.5 Å². The van der Waals surface area contributed by atoms with E-state index in [1.54, 1.807) is 6.20 Å². The molecule has 1 amide bonds. The maximum Gasteiger partial charge on any atom is 0.231 e. The lowest BCUT2D eigenvalue weighted by atomic mass is 9.95. The highest BCUT2D eigenvalue weighted by molar-refractivity contribution is 6.30. The summed E-state index contributed by atoms with van der Waals surface area (Å²) in [4.78, 5) is 25.1. The molecule has 8 heteroatoms. The molecule has 0 saturated carbocycles. The van der Waals surface area contributed by atoms with Gasteiger partial charge in [0, 0.05) is 61.3 Å². The van der Waals surface area contributed by atoms with Crippen molar-refractivity contribution in [2.75, 3.05) is 45.8 Å². The minimum Gasteiger partial charge on any atom is -0.402 e. The van der Waals surface area contributed by atoms with Crippen molar-refractivity contribution in [1.82, 2.24) is 14.7 Å². The molecule has 2 fully saturated rings. The number of halogens is 1. The number of allylic oxidation sites excluding steroid dienone is 1. The molecular formula is C27H39ClN6O. The molecule has 0 unspecified atom stereocenters. The second-order valence-electron chi connectivity index (χ2n) is 10.1. The topological polar surface area (TPSA) is 91.2 Å². The SMILES string of the molecule is C=C/N=C(\C1=C(N)CC[C@H]1C)N1CCN(C(=O)[C@H](CN2CCC(N)CC2)c2ccc(Cl)cc2)CC1. The number of benzene rings is 1. The number of nitrogens with two attached hydrogens (primary N) is 2. The van der Waals surface area contributed by atoms with Gasteiger partial charge in [-0.15, -0.1) is 0 Å². The van der Waals surface area contributed by atoms with Crippen molar-refractivity contribution >= 4 is 23.3 Å². The highest BCUT2D eigenvalue weighted by Gasteiger charge is 2.34. The summed E-state index contributed by atoms with van der Waals surface area (Å²) in [6, 6.07) is 7.99. The summed E-state index contributed by atoms with van der Waals surface area (Å²) in [5, 5.41) is 0.682. The van der Waals surface area contributed by atoms with Gasteiger partial charge in [0.05, 0.1) is 5.92 Å². The molecule has 4 rings (SSSR count). The molecule has 0 aromatic heterocycles. The fourth-order valence-electron chi connectivity index (χ4n) is 5.51. The van der Waals surface area contributed by atoms with E-state index >= 15 is 0 Å². The Balaban J connectivity index is 1.46. The third kappa shape index (κ3) is 6.08. The lowest BCUT2D eigenvalue weighted by Gasteiger charge is -2.40. The van der Waals surface area contributed by atoms with E-state index in [-0.39, 0.29) is 17.9 Å². The lowest BCUT2D eigenvalue weighted by Crippen LogP contribution is -2.53. The fourth-order valence-corrected chi connectivity index (χ4v) is 5.64. The largest absolute Gasteiger partial charge is 0.402 e. The number of hydrogen-bond acceptors (Lipinski definition) is 5. The first-order chi connectivity index (χ1) is 16.9. The minimum absolute atomic E-state index is 0.178. The van der Waals surface area contributed by atoms with Crippen molar-refractivity contribution in [1.29, 1.82) is 0 Å². The van der Waals surface area contributed by atoms with Gasteiger partial charge in [0.15, 0.2) is 0 Å². The van der Waals surface area contributed by atoms with E-state index < -0.39 is 0 Å². The number of aliphatic imine (C=N–C) groups is 1. The number of carbonyl (C=O) groups excluding carboxylic acids is 1. The molecule has 190 valence electrons. The maximum absolute atomic E-state index is 13.8. The monoisotopic (exact) mass is 498 g/mol. The van der Waals surface area contributed by atoms with E-state index in [9.17, 15) is 4.79 Å². The van der Waals surface area contributed by atoms with Gasteiger partial charge in [0.25, 0.3) is 0 Å². The number of amides is 1. The summed E-state index contributed by atoms with van der Waals surface area (Å²) in [5.74, 6) is 1.27. The third-order valence-corrected chi connectivity index (χ3v) is 7.93. The molecule has 1 aromatic rings. The lowest BCUT2D eigenvalue weighted by molar-refractivity contribution is -0.134. The number of piperazine rings is 1. The molecule has 1 aromatic carbocycles. The number of rotatable bonds is 6. The second kappa shape index (κ2) is 11.6.